The van der Waals surface area contributed by atoms with Crippen LogP contribution in [0.2, 0.25) is 0 Å². The molecule has 23 heavy (non-hydrogen) atoms. The molecule has 0 spiro atoms. The smallest absolute Gasteiger partial charge is 0.309 e. The lowest BCUT2D eigenvalue weighted by Crippen LogP contribution is -2.40. The van der Waals surface area contributed by atoms with Gasteiger partial charge in [-0.15, -0.1) is 0 Å². The maximum absolute atomic E-state index is 12.9. The Bertz CT molecular complexity index is 357. The molecule has 0 N–H and O–H groups in total. The van der Waals surface area contributed by atoms with Crippen molar-refractivity contribution in [2.45, 2.75) is 105 Å². The van der Waals surface area contributed by atoms with Gasteiger partial charge in [-0.05, 0) is 56.8 Å². The molecule has 1 aliphatic carbocycles. The van der Waals surface area contributed by atoms with Crippen molar-refractivity contribution in [2.24, 2.45) is 23.2 Å². The summed E-state index contributed by atoms with van der Waals surface area (Å²) in [6.07, 6.45) is 9.27. The topological polar surface area (TPSA) is 26.3 Å². The van der Waals surface area contributed by atoms with Gasteiger partial charge in [0.05, 0.1) is 5.92 Å². The summed E-state index contributed by atoms with van der Waals surface area (Å²) in [5, 5.41) is 0. The summed E-state index contributed by atoms with van der Waals surface area (Å²) < 4.78 is 6.08. The highest BCUT2D eigenvalue weighted by atomic mass is 16.6. The van der Waals surface area contributed by atoms with E-state index in [2.05, 4.69) is 48.5 Å². The van der Waals surface area contributed by atoms with Gasteiger partial charge in [-0.2, -0.15) is 0 Å². The minimum atomic E-state index is -0.314. The zero-order valence-electron chi connectivity index (χ0n) is 16.7. The SMILES string of the molecule is CC(C)CCC(CC(C)(C)C)C(=O)OC(C)(C)C1CCCCC1. The van der Waals surface area contributed by atoms with Crippen molar-refractivity contribution in [1.29, 1.82) is 0 Å². The van der Waals surface area contributed by atoms with E-state index in [-0.39, 0.29) is 22.9 Å². The summed E-state index contributed by atoms with van der Waals surface area (Å²) in [5.74, 6) is 1.24. The van der Waals surface area contributed by atoms with E-state index in [4.69, 9.17) is 4.74 Å². The summed E-state index contributed by atoms with van der Waals surface area (Å²) in [6.45, 7) is 15.4. The number of carbonyl (C=O) groups is 1. The highest BCUT2D eigenvalue weighted by molar-refractivity contribution is 5.73. The highest BCUT2D eigenvalue weighted by Crippen LogP contribution is 2.37. The third-order valence-electron chi connectivity index (χ3n) is 5.24. The van der Waals surface area contributed by atoms with Gasteiger partial charge in [0.25, 0.3) is 0 Å². The molecule has 0 aromatic carbocycles. The van der Waals surface area contributed by atoms with Crippen LogP contribution >= 0.6 is 0 Å². The molecule has 0 saturated heterocycles. The third-order valence-corrected chi connectivity index (χ3v) is 5.24. The quantitative estimate of drug-likeness (QED) is 0.508. The molecule has 0 bridgehead atoms. The van der Waals surface area contributed by atoms with Gasteiger partial charge in [-0.1, -0.05) is 60.3 Å². The zero-order chi connectivity index (χ0) is 17.7. The standard InChI is InChI=1S/C21H40O2/c1-16(2)13-14-17(15-20(3,4)5)19(22)23-21(6,7)18-11-9-8-10-12-18/h16-18H,8-15H2,1-7H3. The Kier molecular flexibility index (Phi) is 7.61. The van der Waals surface area contributed by atoms with Crippen molar-refractivity contribution < 1.29 is 9.53 Å². The molecule has 1 unspecified atom stereocenters. The fraction of sp³-hybridized carbons (Fsp3) is 0.952. The summed E-state index contributed by atoms with van der Waals surface area (Å²) in [4.78, 5) is 12.9. The monoisotopic (exact) mass is 324 g/mol. The summed E-state index contributed by atoms with van der Waals surface area (Å²) in [6, 6.07) is 0. The minimum absolute atomic E-state index is 0.0381. The molecule has 2 heteroatoms. The first kappa shape index (κ1) is 20.5. The fourth-order valence-electron chi connectivity index (χ4n) is 3.80. The molecule has 1 fully saturated rings. The van der Waals surface area contributed by atoms with Crippen molar-refractivity contribution >= 4 is 5.97 Å². The van der Waals surface area contributed by atoms with Crippen molar-refractivity contribution in [1.82, 2.24) is 0 Å². The van der Waals surface area contributed by atoms with E-state index in [0.717, 1.165) is 19.3 Å². The number of hydrogen-bond acceptors (Lipinski definition) is 2. The third kappa shape index (κ3) is 7.72. The van der Waals surface area contributed by atoms with Crippen molar-refractivity contribution in [3.05, 3.63) is 0 Å². The molecule has 2 nitrogen and oxygen atoms in total. The number of carbonyl (C=O) groups excluding carboxylic acids is 1. The van der Waals surface area contributed by atoms with E-state index in [9.17, 15) is 4.79 Å². The summed E-state index contributed by atoms with van der Waals surface area (Å²) in [5.41, 5.74) is -0.152. The first-order valence-corrected chi connectivity index (χ1v) is 9.74. The first-order valence-electron chi connectivity index (χ1n) is 9.74. The molecule has 1 rings (SSSR count). The second-order valence-electron chi connectivity index (χ2n) is 9.79. The fourth-order valence-corrected chi connectivity index (χ4v) is 3.80. The van der Waals surface area contributed by atoms with E-state index in [1.807, 2.05) is 0 Å². The molecule has 0 aromatic rings. The lowest BCUT2D eigenvalue weighted by Gasteiger charge is -2.38. The van der Waals surface area contributed by atoms with Crippen molar-refractivity contribution in [2.75, 3.05) is 0 Å². The van der Waals surface area contributed by atoms with Gasteiger partial charge in [-0.3, -0.25) is 4.79 Å². The lowest BCUT2D eigenvalue weighted by atomic mass is 9.78. The van der Waals surface area contributed by atoms with Crippen LogP contribution in [-0.4, -0.2) is 11.6 Å². The molecular formula is C21H40O2. The molecule has 1 saturated carbocycles. The van der Waals surface area contributed by atoms with Crippen LogP contribution in [0.3, 0.4) is 0 Å². The molecule has 0 amide bonds. The Morgan fingerprint density at radius 2 is 1.57 bits per heavy atom. The summed E-state index contributed by atoms with van der Waals surface area (Å²) >= 11 is 0. The van der Waals surface area contributed by atoms with Crippen LogP contribution in [-0.2, 0) is 9.53 Å². The van der Waals surface area contributed by atoms with Crippen LogP contribution in [0.1, 0.15) is 99.8 Å². The zero-order valence-corrected chi connectivity index (χ0v) is 16.7. The van der Waals surface area contributed by atoms with Crippen LogP contribution in [0.25, 0.3) is 0 Å². The van der Waals surface area contributed by atoms with Crippen LogP contribution in [0, 0.1) is 23.2 Å². The molecule has 1 aliphatic rings. The number of hydrogen-bond donors (Lipinski definition) is 0. The van der Waals surface area contributed by atoms with Crippen LogP contribution in [0.5, 0.6) is 0 Å². The molecule has 0 aromatic heterocycles. The van der Waals surface area contributed by atoms with E-state index < -0.39 is 0 Å². The second-order valence-corrected chi connectivity index (χ2v) is 9.79. The highest BCUT2D eigenvalue weighted by Gasteiger charge is 2.36. The Balaban J connectivity index is 2.70. The molecule has 136 valence electrons. The number of esters is 1. The van der Waals surface area contributed by atoms with Crippen molar-refractivity contribution in [3.63, 3.8) is 0 Å². The van der Waals surface area contributed by atoms with Gasteiger partial charge in [0, 0.05) is 0 Å². The van der Waals surface area contributed by atoms with E-state index >= 15 is 0 Å². The van der Waals surface area contributed by atoms with Gasteiger partial charge < -0.3 is 4.74 Å². The first-order chi connectivity index (χ1) is 10.5. The van der Waals surface area contributed by atoms with Crippen LogP contribution in [0.4, 0.5) is 0 Å². The van der Waals surface area contributed by atoms with Gasteiger partial charge in [0.15, 0.2) is 0 Å². The molecule has 1 atom stereocenters. The molecule has 0 radical (unpaired) electrons. The predicted octanol–water partition coefficient (Wildman–Crippen LogP) is 6.38. The maximum atomic E-state index is 12.9. The normalized spacial score (nSPS) is 19.0. The number of ether oxygens (including phenoxy) is 1. The average molecular weight is 325 g/mol. The Hall–Kier alpha value is -0.530. The Morgan fingerprint density at radius 3 is 2.04 bits per heavy atom. The van der Waals surface area contributed by atoms with Crippen LogP contribution < -0.4 is 0 Å². The average Bonchev–Trinajstić information content (AvgIpc) is 2.42. The van der Waals surface area contributed by atoms with E-state index in [0.29, 0.717) is 11.8 Å². The number of rotatable bonds is 7. The van der Waals surface area contributed by atoms with Crippen molar-refractivity contribution in [3.8, 4) is 0 Å². The molecular weight excluding hydrogens is 284 g/mol. The van der Waals surface area contributed by atoms with Gasteiger partial charge in [0.1, 0.15) is 5.60 Å². The van der Waals surface area contributed by atoms with E-state index in [1.165, 1.54) is 32.1 Å². The van der Waals surface area contributed by atoms with Gasteiger partial charge in [0.2, 0.25) is 0 Å². The summed E-state index contributed by atoms with van der Waals surface area (Å²) in [7, 11) is 0. The van der Waals surface area contributed by atoms with Crippen LogP contribution in [0.15, 0.2) is 0 Å². The maximum Gasteiger partial charge on any atom is 0.309 e. The van der Waals surface area contributed by atoms with Gasteiger partial charge in [-0.25, -0.2) is 0 Å². The molecule has 0 heterocycles. The molecule has 0 aliphatic heterocycles. The Labute approximate surface area is 144 Å². The minimum Gasteiger partial charge on any atom is -0.459 e. The Morgan fingerprint density at radius 1 is 1.00 bits per heavy atom. The second kappa shape index (κ2) is 8.53. The predicted molar refractivity (Wildman–Crippen MR) is 98.4 cm³/mol. The largest absolute Gasteiger partial charge is 0.459 e. The van der Waals surface area contributed by atoms with Gasteiger partial charge >= 0.3 is 5.97 Å². The van der Waals surface area contributed by atoms with E-state index in [1.54, 1.807) is 0 Å². The lowest BCUT2D eigenvalue weighted by molar-refractivity contribution is -0.169.